The fourth-order valence-corrected chi connectivity index (χ4v) is 10.7. The van der Waals surface area contributed by atoms with Crippen molar-refractivity contribution in [2.45, 2.75) is 114 Å². The minimum absolute atomic E-state index is 0.0503. The number of amides is 5. The van der Waals surface area contributed by atoms with Crippen LogP contribution in [-0.2, 0) is 24.0 Å². The van der Waals surface area contributed by atoms with Gasteiger partial charge in [-0.1, -0.05) is 111 Å². The van der Waals surface area contributed by atoms with Crippen molar-refractivity contribution in [2.75, 3.05) is 30.3 Å². The summed E-state index contributed by atoms with van der Waals surface area (Å²) >= 11 is 0. The number of carbonyl (C=O) groups is 5. The van der Waals surface area contributed by atoms with E-state index in [2.05, 4.69) is 26.3 Å². The second-order valence-corrected chi connectivity index (χ2v) is 18.9. The first-order valence-corrected chi connectivity index (χ1v) is 24.4. The summed E-state index contributed by atoms with van der Waals surface area (Å²) < 4.78 is 0. The van der Waals surface area contributed by atoms with E-state index >= 15 is 0 Å². The van der Waals surface area contributed by atoms with E-state index in [1.807, 2.05) is 109 Å². The number of carbonyl (C=O) groups excluding carboxylic acids is 5. The molecule has 5 amide bonds. The molecule has 0 spiro atoms. The molecule has 2 aliphatic carbocycles. The first kappa shape index (κ1) is 44.9. The lowest BCUT2D eigenvalue weighted by atomic mass is 9.88. The highest BCUT2D eigenvalue weighted by molar-refractivity contribution is 6.01. The molecular formula is C54H63N7O5. The van der Waals surface area contributed by atoms with Crippen LogP contribution in [0.4, 0.5) is 11.4 Å². The first-order valence-electron chi connectivity index (χ1n) is 24.4. The number of aromatic amines is 1. The van der Waals surface area contributed by atoms with Crippen LogP contribution in [0.2, 0.25) is 0 Å². The van der Waals surface area contributed by atoms with Gasteiger partial charge < -0.3 is 36.1 Å². The predicted molar refractivity (Wildman–Crippen MR) is 258 cm³/mol. The Morgan fingerprint density at radius 3 is 1.71 bits per heavy atom. The van der Waals surface area contributed by atoms with Crippen molar-refractivity contribution >= 4 is 51.8 Å². The summed E-state index contributed by atoms with van der Waals surface area (Å²) in [6.07, 6.45) is 13.6. The molecule has 0 radical (unpaired) electrons. The normalized spacial score (nSPS) is 20.2. The largest absolute Gasteiger partial charge is 0.355 e. The summed E-state index contributed by atoms with van der Waals surface area (Å²) in [7, 11) is 0. The van der Waals surface area contributed by atoms with Crippen LogP contribution in [-0.4, -0.2) is 76.0 Å². The van der Waals surface area contributed by atoms with Crippen molar-refractivity contribution in [3.05, 3.63) is 120 Å². The Morgan fingerprint density at radius 2 is 1.09 bits per heavy atom. The zero-order chi connectivity index (χ0) is 45.4. The van der Waals surface area contributed by atoms with E-state index in [0.29, 0.717) is 55.2 Å². The second-order valence-electron chi connectivity index (χ2n) is 18.9. The maximum Gasteiger partial charge on any atom is 0.250 e. The summed E-state index contributed by atoms with van der Waals surface area (Å²) in [4.78, 5) is 76.4. The number of likely N-dealkylation sites (tertiary alicyclic amines) is 2. The van der Waals surface area contributed by atoms with Crippen LogP contribution in [0, 0.1) is 11.8 Å². The van der Waals surface area contributed by atoms with E-state index in [-0.39, 0.29) is 35.5 Å². The quantitative estimate of drug-likeness (QED) is 0.0750. The number of aromatic nitrogens is 1. The van der Waals surface area contributed by atoms with Gasteiger partial charge in [0.15, 0.2) is 0 Å². The van der Waals surface area contributed by atoms with E-state index in [1.165, 1.54) is 32.1 Å². The van der Waals surface area contributed by atoms with Crippen molar-refractivity contribution in [3.8, 4) is 11.3 Å². The summed E-state index contributed by atoms with van der Waals surface area (Å²) in [5.74, 6) is -0.387. The topological polar surface area (TPSA) is 156 Å². The maximum absolute atomic E-state index is 14.2. The highest BCUT2D eigenvalue weighted by Gasteiger charge is 2.40. The van der Waals surface area contributed by atoms with Gasteiger partial charge in [-0.25, -0.2) is 0 Å². The number of anilines is 2. The molecule has 66 heavy (non-hydrogen) atoms. The van der Waals surface area contributed by atoms with Crippen molar-refractivity contribution in [3.63, 3.8) is 0 Å². The van der Waals surface area contributed by atoms with Crippen LogP contribution < -0.4 is 21.3 Å². The number of hydrogen-bond acceptors (Lipinski definition) is 6. The van der Waals surface area contributed by atoms with Crippen molar-refractivity contribution in [2.24, 2.45) is 11.8 Å². The summed E-state index contributed by atoms with van der Waals surface area (Å²) in [6, 6.07) is 32.0. The van der Waals surface area contributed by atoms with Gasteiger partial charge in [-0.2, -0.15) is 0 Å². The number of nitrogens with one attached hydrogen (secondary N) is 5. The molecule has 5 N–H and O–H groups in total. The minimum Gasteiger partial charge on any atom is -0.355 e. The van der Waals surface area contributed by atoms with E-state index in [0.717, 1.165) is 72.8 Å². The maximum atomic E-state index is 14.2. The van der Waals surface area contributed by atoms with Gasteiger partial charge in [0.25, 0.3) is 0 Å². The predicted octanol–water partition coefficient (Wildman–Crippen LogP) is 9.04. The Kier molecular flexibility index (Phi) is 14.2. The van der Waals surface area contributed by atoms with Crippen LogP contribution in [0.5, 0.6) is 0 Å². The Bertz CT molecular complexity index is 2480. The van der Waals surface area contributed by atoms with Crippen molar-refractivity contribution in [1.82, 2.24) is 25.4 Å². The Morgan fingerprint density at radius 1 is 0.545 bits per heavy atom. The van der Waals surface area contributed by atoms with E-state index in [4.69, 9.17) is 0 Å². The lowest BCUT2D eigenvalue weighted by molar-refractivity contribution is -0.141. The summed E-state index contributed by atoms with van der Waals surface area (Å²) in [5, 5.41) is 13.7. The summed E-state index contributed by atoms with van der Waals surface area (Å²) in [6.45, 7) is 1.78. The Labute approximate surface area is 387 Å². The molecular weight excluding hydrogens is 827 g/mol. The molecule has 3 heterocycles. The van der Waals surface area contributed by atoms with Gasteiger partial charge in [0, 0.05) is 47.0 Å². The number of fused-ring (bicyclic) bond motifs is 1. The number of benzene rings is 4. The molecule has 4 aromatic carbocycles. The molecule has 2 saturated heterocycles. The number of nitrogens with zero attached hydrogens (tertiary/aromatic N) is 2. The van der Waals surface area contributed by atoms with Crippen molar-refractivity contribution < 1.29 is 24.0 Å². The first-order chi connectivity index (χ1) is 32.3. The molecule has 2 saturated carbocycles. The Balaban J connectivity index is 0.824. The van der Waals surface area contributed by atoms with Crippen LogP contribution in [0.25, 0.3) is 22.2 Å². The fourth-order valence-electron chi connectivity index (χ4n) is 10.7. The smallest absolute Gasteiger partial charge is 0.250 e. The molecule has 0 bridgehead atoms. The third-order valence-corrected chi connectivity index (χ3v) is 14.4. The standard InChI is InChI=1S/C54H63N7O5/c62-50(40-21-11-4-12-22-40)59-49(39-19-9-3-10-20-39)54(66)61-32-14-24-47(61)52(64)57-43-29-30-44-41(33-43)34-45(58-44)37-25-27-42(28-26-37)56-51(63)46-23-13-31-60(46)53(65)48(38-17-7-2-8-18-38)55-35-36-15-5-1-6-16-36/h2-3,7-10,17-20,25-30,33-34,36,40,46-49,55,58H,1,4-6,11-16,21-24,31-32,35H2,(H,56,63)(H,57,64)(H,59,62)/t46-,47-,48+,49+/m0/s1. The zero-order valence-corrected chi connectivity index (χ0v) is 37.8. The molecule has 9 rings (SSSR count). The molecule has 4 aliphatic rings. The third kappa shape index (κ3) is 10.4. The average molecular weight is 890 g/mol. The highest BCUT2D eigenvalue weighted by Crippen LogP contribution is 2.32. The molecule has 5 aromatic rings. The van der Waals surface area contributed by atoms with Gasteiger partial charge >= 0.3 is 0 Å². The molecule has 0 unspecified atom stereocenters. The second kappa shape index (κ2) is 20.9. The van der Waals surface area contributed by atoms with Crippen LogP contribution in [0.15, 0.2) is 109 Å². The fraction of sp³-hybridized carbons (Fsp3) is 0.426. The minimum atomic E-state index is -0.862. The third-order valence-electron chi connectivity index (χ3n) is 14.4. The monoisotopic (exact) mass is 889 g/mol. The summed E-state index contributed by atoms with van der Waals surface area (Å²) in [5.41, 5.74) is 5.60. The van der Waals surface area contributed by atoms with Gasteiger partial charge in [-0.3, -0.25) is 24.0 Å². The molecule has 4 atom stereocenters. The van der Waals surface area contributed by atoms with Gasteiger partial charge in [-0.05, 0) is 117 Å². The zero-order valence-electron chi connectivity index (χ0n) is 37.8. The van der Waals surface area contributed by atoms with Crippen LogP contribution >= 0.6 is 0 Å². The van der Waals surface area contributed by atoms with E-state index in [1.54, 1.807) is 9.80 Å². The SMILES string of the molecule is O=C(N[C@@H](C(=O)N1CCC[C@H]1C(=O)Nc1ccc2[nH]c(-c3ccc(NC(=O)[C@@H]4CCCN4C(=O)[C@H](NCC4CCCCC4)c4ccccc4)cc3)cc2c1)c1ccccc1)C1CCCCC1. The number of rotatable bonds is 14. The lowest BCUT2D eigenvalue weighted by Crippen LogP contribution is -2.49. The molecule has 12 heteroatoms. The average Bonchev–Trinajstić information content (AvgIpc) is 4.16. The Hall–Kier alpha value is -6.27. The number of hydrogen-bond donors (Lipinski definition) is 5. The molecule has 4 fully saturated rings. The molecule has 1 aromatic heterocycles. The number of H-pyrrole nitrogens is 1. The van der Waals surface area contributed by atoms with Gasteiger partial charge in [-0.15, -0.1) is 0 Å². The molecule has 12 nitrogen and oxygen atoms in total. The molecule has 344 valence electrons. The molecule has 2 aliphatic heterocycles. The van der Waals surface area contributed by atoms with Gasteiger partial charge in [0.2, 0.25) is 29.5 Å². The van der Waals surface area contributed by atoms with Crippen LogP contribution in [0.1, 0.15) is 113 Å². The lowest BCUT2D eigenvalue weighted by Gasteiger charge is -2.30. The van der Waals surface area contributed by atoms with Crippen LogP contribution in [0.3, 0.4) is 0 Å². The van der Waals surface area contributed by atoms with Crippen molar-refractivity contribution in [1.29, 1.82) is 0 Å². The van der Waals surface area contributed by atoms with Gasteiger partial charge in [0.05, 0.1) is 0 Å². The van der Waals surface area contributed by atoms with Gasteiger partial charge in [0.1, 0.15) is 24.2 Å². The highest BCUT2D eigenvalue weighted by atomic mass is 16.2. The van der Waals surface area contributed by atoms with E-state index < -0.39 is 24.2 Å². The van der Waals surface area contributed by atoms with E-state index in [9.17, 15) is 24.0 Å².